The number of rotatable bonds is 2. The number of halogens is 1. The molecular formula is C11H8BrN5S. The second-order valence-corrected chi connectivity index (χ2v) is 5.22. The van der Waals surface area contributed by atoms with Crippen LogP contribution in [0, 0.1) is 11.3 Å². The van der Waals surface area contributed by atoms with Gasteiger partial charge in [0.05, 0.1) is 11.6 Å². The van der Waals surface area contributed by atoms with Crippen molar-refractivity contribution < 1.29 is 0 Å². The van der Waals surface area contributed by atoms with Gasteiger partial charge in [-0.2, -0.15) is 5.26 Å². The van der Waals surface area contributed by atoms with Crippen LogP contribution in [0.15, 0.2) is 38.8 Å². The van der Waals surface area contributed by atoms with Crippen LogP contribution in [0.25, 0.3) is 0 Å². The number of nitriles is 1. The summed E-state index contributed by atoms with van der Waals surface area (Å²) in [7, 11) is 0. The molecule has 2 aromatic rings. The molecule has 1 aromatic heterocycles. The van der Waals surface area contributed by atoms with Crippen LogP contribution in [-0.4, -0.2) is 9.97 Å². The molecule has 4 N–H and O–H groups in total. The summed E-state index contributed by atoms with van der Waals surface area (Å²) in [6.07, 6.45) is 0. The zero-order valence-electron chi connectivity index (χ0n) is 9.09. The lowest BCUT2D eigenvalue weighted by Crippen LogP contribution is -1.99. The third-order valence-corrected chi connectivity index (χ3v) is 3.87. The molecular weight excluding hydrogens is 314 g/mol. The molecule has 0 aliphatic rings. The average molecular weight is 322 g/mol. The van der Waals surface area contributed by atoms with E-state index in [2.05, 4.69) is 32.0 Å². The first-order chi connectivity index (χ1) is 8.58. The summed E-state index contributed by atoms with van der Waals surface area (Å²) in [5, 5.41) is 9.25. The van der Waals surface area contributed by atoms with Crippen molar-refractivity contribution in [1.29, 1.82) is 5.26 Å². The van der Waals surface area contributed by atoms with Crippen molar-refractivity contribution in [2.45, 2.75) is 10.1 Å². The largest absolute Gasteiger partial charge is 0.383 e. The average Bonchev–Trinajstić information content (AvgIpc) is 2.30. The number of hydrogen-bond acceptors (Lipinski definition) is 6. The number of aromatic nitrogens is 2. The molecule has 0 aliphatic heterocycles. The lowest BCUT2D eigenvalue weighted by molar-refractivity contribution is 0.984. The van der Waals surface area contributed by atoms with E-state index >= 15 is 0 Å². The molecule has 1 aromatic carbocycles. The molecule has 2 rings (SSSR count). The molecule has 0 aliphatic carbocycles. The minimum absolute atomic E-state index is 0.328. The summed E-state index contributed by atoms with van der Waals surface area (Å²) in [4.78, 5) is 9.04. The number of nitrogen functional groups attached to an aromatic ring is 2. The zero-order chi connectivity index (χ0) is 13.1. The van der Waals surface area contributed by atoms with Crippen molar-refractivity contribution in [2.75, 3.05) is 11.5 Å². The number of hydrogen-bond donors (Lipinski definition) is 2. The van der Waals surface area contributed by atoms with Crippen molar-refractivity contribution in [3.63, 3.8) is 0 Å². The molecule has 0 radical (unpaired) electrons. The Kier molecular flexibility index (Phi) is 3.69. The Morgan fingerprint density at radius 3 is 2.39 bits per heavy atom. The second-order valence-electron chi connectivity index (χ2n) is 3.36. The quantitative estimate of drug-likeness (QED) is 0.823. The van der Waals surface area contributed by atoms with Crippen LogP contribution >= 0.6 is 27.7 Å². The van der Waals surface area contributed by atoms with E-state index in [1.165, 1.54) is 17.8 Å². The van der Waals surface area contributed by atoms with Gasteiger partial charge in [-0.3, -0.25) is 0 Å². The summed E-state index contributed by atoms with van der Waals surface area (Å²) < 4.78 is 0.802. The predicted octanol–water partition coefficient (Wildman–Crippen LogP) is 2.43. The van der Waals surface area contributed by atoms with E-state index in [9.17, 15) is 0 Å². The van der Waals surface area contributed by atoms with Gasteiger partial charge in [0, 0.05) is 15.4 Å². The Hall–Kier alpha value is -1.78. The first kappa shape index (κ1) is 12.7. The normalized spacial score (nSPS) is 10.0. The Balaban J connectivity index is 2.31. The zero-order valence-corrected chi connectivity index (χ0v) is 11.5. The molecule has 0 saturated carbocycles. The van der Waals surface area contributed by atoms with E-state index < -0.39 is 0 Å². The molecule has 0 saturated heterocycles. The molecule has 0 amide bonds. The molecule has 18 heavy (non-hydrogen) atoms. The molecule has 1 heterocycles. The maximum Gasteiger partial charge on any atom is 0.196 e. The second kappa shape index (κ2) is 5.25. The molecule has 90 valence electrons. The third-order valence-electron chi connectivity index (χ3n) is 2.01. The monoisotopic (exact) mass is 321 g/mol. The lowest BCUT2D eigenvalue weighted by atomic mass is 10.2. The topological polar surface area (TPSA) is 102 Å². The predicted molar refractivity (Wildman–Crippen MR) is 73.8 cm³/mol. The minimum Gasteiger partial charge on any atom is -0.383 e. The van der Waals surface area contributed by atoms with Gasteiger partial charge in [0.15, 0.2) is 5.16 Å². The first-order valence-electron chi connectivity index (χ1n) is 4.86. The Bertz CT molecular complexity index is 618. The van der Waals surface area contributed by atoms with E-state index in [4.69, 9.17) is 16.7 Å². The smallest absolute Gasteiger partial charge is 0.196 e. The van der Waals surface area contributed by atoms with Gasteiger partial charge in [-0.05, 0) is 45.9 Å². The third kappa shape index (κ3) is 2.91. The van der Waals surface area contributed by atoms with E-state index in [0.29, 0.717) is 22.4 Å². The maximum absolute atomic E-state index is 8.78. The van der Waals surface area contributed by atoms with Crippen LogP contribution in [0.4, 0.5) is 11.6 Å². The standard InChI is InChI=1S/C11H8BrN5S/c12-7-3-6(5-13)1-2-8(7)18-11-16-9(14)4-10(15)17-11/h1-4H,(H4,14,15,16,17). The van der Waals surface area contributed by atoms with Gasteiger partial charge in [0.1, 0.15) is 11.6 Å². The highest BCUT2D eigenvalue weighted by atomic mass is 79.9. The molecule has 7 heteroatoms. The van der Waals surface area contributed by atoms with Gasteiger partial charge in [-0.1, -0.05) is 0 Å². The van der Waals surface area contributed by atoms with Crippen LogP contribution in [0.3, 0.4) is 0 Å². The van der Waals surface area contributed by atoms with Gasteiger partial charge in [-0.15, -0.1) is 0 Å². The molecule has 0 spiro atoms. The van der Waals surface area contributed by atoms with Crippen LogP contribution in [0.1, 0.15) is 5.56 Å². The summed E-state index contributed by atoms with van der Waals surface area (Å²) in [5.41, 5.74) is 11.8. The Labute approximate surface area is 116 Å². The van der Waals surface area contributed by atoms with Gasteiger partial charge >= 0.3 is 0 Å². The fraction of sp³-hybridized carbons (Fsp3) is 0. The van der Waals surface area contributed by atoms with Crippen molar-refractivity contribution in [3.8, 4) is 6.07 Å². The number of nitrogens with zero attached hydrogens (tertiary/aromatic N) is 3. The van der Waals surface area contributed by atoms with Crippen LogP contribution in [0.2, 0.25) is 0 Å². The summed E-state index contributed by atoms with van der Waals surface area (Å²) in [5.74, 6) is 0.657. The highest BCUT2D eigenvalue weighted by Crippen LogP contribution is 2.32. The molecule has 0 fully saturated rings. The molecule has 5 nitrogen and oxygen atoms in total. The van der Waals surface area contributed by atoms with E-state index in [1.807, 2.05) is 6.07 Å². The van der Waals surface area contributed by atoms with E-state index in [0.717, 1.165) is 9.37 Å². The number of nitrogens with two attached hydrogens (primary N) is 2. The van der Waals surface area contributed by atoms with Crippen LogP contribution in [-0.2, 0) is 0 Å². The first-order valence-corrected chi connectivity index (χ1v) is 6.47. The van der Waals surface area contributed by atoms with Crippen molar-refractivity contribution in [3.05, 3.63) is 34.3 Å². The van der Waals surface area contributed by atoms with Gasteiger partial charge in [-0.25, -0.2) is 9.97 Å². The van der Waals surface area contributed by atoms with Crippen LogP contribution in [0.5, 0.6) is 0 Å². The molecule has 0 bridgehead atoms. The van der Waals surface area contributed by atoms with Crippen molar-refractivity contribution in [1.82, 2.24) is 9.97 Å². The van der Waals surface area contributed by atoms with Crippen LogP contribution < -0.4 is 11.5 Å². The number of anilines is 2. The van der Waals surface area contributed by atoms with Crippen molar-refractivity contribution in [2.24, 2.45) is 0 Å². The van der Waals surface area contributed by atoms with E-state index in [-0.39, 0.29) is 0 Å². The number of benzene rings is 1. The summed E-state index contributed by atoms with van der Waals surface area (Å²) >= 11 is 4.72. The highest BCUT2D eigenvalue weighted by Gasteiger charge is 2.07. The Morgan fingerprint density at radius 1 is 1.17 bits per heavy atom. The van der Waals surface area contributed by atoms with Gasteiger partial charge in [0.25, 0.3) is 0 Å². The van der Waals surface area contributed by atoms with Gasteiger partial charge in [0.2, 0.25) is 0 Å². The highest BCUT2D eigenvalue weighted by molar-refractivity contribution is 9.10. The summed E-state index contributed by atoms with van der Waals surface area (Å²) in [6.45, 7) is 0. The maximum atomic E-state index is 8.78. The minimum atomic E-state index is 0.328. The fourth-order valence-corrected chi connectivity index (χ4v) is 2.67. The van der Waals surface area contributed by atoms with E-state index in [1.54, 1.807) is 12.1 Å². The molecule has 0 atom stereocenters. The van der Waals surface area contributed by atoms with Gasteiger partial charge < -0.3 is 11.5 Å². The van der Waals surface area contributed by atoms with Crippen molar-refractivity contribution >= 4 is 39.3 Å². The Morgan fingerprint density at radius 2 is 1.83 bits per heavy atom. The lowest BCUT2D eigenvalue weighted by Gasteiger charge is -2.04. The fourth-order valence-electron chi connectivity index (χ4n) is 1.26. The SMILES string of the molecule is N#Cc1ccc(Sc2nc(N)cc(N)n2)c(Br)c1. The molecule has 0 unspecified atom stereocenters. The summed E-state index contributed by atoms with van der Waals surface area (Å²) in [6, 6.07) is 8.84.